The van der Waals surface area contributed by atoms with Gasteiger partial charge in [-0.1, -0.05) is 30.3 Å². The van der Waals surface area contributed by atoms with Crippen molar-refractivity contribution in [2.24, 2.45) is 4.99 Å². The number of halogens is 1. The van der Waals surface area contributed by atoms with Crippen molar-refractivity contribution < 1.29 is 19.4 Å². The molecule has 3 aromatic carbocycles. The van der Waals surface area contributed by atoms with Gasteiger partial charge in [-0.15, -0.1) is 0 Å². The number of hydrogen-bond acceptors (Lipinski definition) is 5. The molecule has 0 atom stereocenters. The molecule has 3 aromatic rings. The number of carboxylic acid groups (broad SMARTS) is 1. The SMILES string of the molecule is CCN1C(=O)C(=Cc2ccc(OCc3ccc(I)cc3)cc2)SC1=Nc1cccc(C(=O)O)c1. The Balaban J connectivity index is 1.48. The smallest absolute Gasteiger partial charge is 0.335 e. The topological polar surface area (TPSA) is 79.2 Å². The minimum absolute atomic E-state index is 0.125. The van der Waals surface area contributed by atoms with Gasteiger partial charge in [0.15, 0.2) is 5.17 Å². The summed E-state index contributed by atoms with van der Waals surface area (Å²) in [6.45, 7) is 2.83. The van der Waals surface area contributed by atoms with E-state index >= 15 is 0 Å². The number of aromatic carboxylic acids is 1. The minimum Gasteiger partial charge on any atom is -0.489 e. The molecular formula is C26H21IN2O4S. The van der Waals surface area contributed by atoms with Crippen LogP contribution in [0.3, 0.4) is 0 Å². The normalized spacial score (nSPS) is 15.8. The maximum Gasteiger partial charge on any atom is 0.335 e. The summed E-state index contributed by atoms with van der Waals surface area (Å²) >= 11 is 3.55. The lowest BCUT2D eigenvalue weighted by molar-refractivity contribution is -0.122. The zero-order chi connectivity index (χ0) is 24.1. The van der Waals surface area contributed by atoms with Crippen LogP contribution in [0.25, 0.3) is 6.08 Å². The van der Waals surface area contributed by atoms with Gasteiger partial charge in [0.05, 0.1) is 16.2 Å². The average molecular weight is 584 g/mol. The van der Waals surface area contributed by atoms with Crippen molar-refractivity contribution in [1.29, 1.82) is 0 Å². The number of thioether (sulfide) groups is 1. The predicted octanol–water partition coefficient (Wildman–Crippen LogP) is 6.19. The number of amides is 1. The first kappa shape index (κ1) is 24.0. The number of benzene rings is 3. The van der Waals surface area contributed by atoms with Gasteiger partial charge in [-0.3, -0.25) is 9.69 Å². The van der Waals surface area contributed by atoms with Gasteiger partial charge in [-0.25, -0.2) is 9.79 Å². The first-order valence-corrected chi connectivity index (χ1v) is 12.4. The van der Waals surface area contributed by atoms with Gasteiger partial charge in [-0.2, -0.15) is 0 Å². The molecule has 0 spiro atoms. The number of rotatable bonds is 7. The molecule has 1 heterocycles. The Kier molecular flexibility index (Phi) is 7.69. The Morgan fingerprint density at radius 2 is 1.85 bits per heavy atom. The van der Waals surface area contributed by atoms with Gasteiger partial charge in [0.1, 0.15) is 12.4 Å². The summed E-state index contributed by atoms with van der Waals surface area (Å²) in [6.07, 6.45) is 1.83. The molecule has 6 nitrogen and oxygen atoms in total. The number of carbonyl (C=O) groups is 2. The first-order valence-electron chi connectivity index (χ1n) is 10.5. The van der Waals surface area contributed by atoms with Gasteiger partial charge in [0.25, 0.3) is 5.91 Å². The number of likely N-dealkylation sites (N-methyl/N-ethyl adjacent to an activating group) is 1. The maximum absolute atomic E-state index is 12.9. The van der Waals surface area contributed by atoms with E-state index in [1.807, 2.05) is 61.5 Å². The van der Waals surface area contributed by atoms with E-state index in [0.717, 1.165) is 16.9 Å². The number of nitrogens with zero attached hydrogens (tertiary/aromatic N) is 2. The molecule has 8 heteroatoms. The standard InChI is InChI=1S/C26H21IN2O4S/c1-2-29-24(30)23(34-26(29)28-21-5-3-4-19(15-21)25(31)32)14-17-8-12-22(13-9-17)33-16-18-6-10-20(27)11-7-18/h3-15H,2,16H2,1H3,(H,31,32). The monoisotopic (exact) mass is 584 g/mol. The highest BCUT2D eigenvalue weighted by atomic mass is 127. The molecule has 172 valence electrons. The average Bonchev–Trinajstić information content (AvgIpc) is 3.13. The highest BCUT2D eigenvalue weighted by Gasteiger charge is 2.32. The Morgan fingerprint density at radius 3 is 2.53 bits per heavy atom. The van der Waals surface area contributed by atoms with Crippen LogP contribution < -0.4 is 4.74 Å². The second kappa shape index (κ2) is 10.9. The van der Waals surface area contributed by atoms with Crippen molar-refractivity contribution in [3.63, 3.8) is 0 Å². The van der Waals surface area contributed by atoms with Crippen molar-refractivity contribution in [3.05, 3.63) is 98.0 Å². The fraction of sp³-hybridized carbons (Fsp3) is 0.115. The molecule has 1 amide bonds. The van der Waals surface area contributed by atoms with Crippen molar-refractivity contribution in [2.45, 2.75) is 13.5 Å². The van der Waals surface area contributed by atoms with Crippen LogP contribution in [0.4, 0.5) is 5.69 Å². The van der Waals surface area contributed by atoms with Crippen LogP contribution >= 0.6 is 34.4 Å². The van der Waals surface area contributed by atoms with E-state index in [-0.39, 0.29) is 11.5 Å². The number of aliphatic imine (C=N–C) groups is 1. The number of amidine groups is 1. The fourth-order valence-electron chi connectivity index (χ4n) is 3.25. The molecule has 0 aromatic heterocycles. The molecule has 0 unspecified atom stereocenters. The van der Waals surface area contributed by atoms with Crippen molar-refractivity contribution in [2.75, 3.05) is 6.54 Å². The van der Waals surface area contributed by atoms with E-state index in [9.17, 15) is 14.7 Å². The lowest BCUT2D eigenvalue weighted by atomic mass is 10.2. The molecule has 1 aliphatic rings. The quantitative estimate of drug-likeness (QED) is 0.265. The molecule has 1 N–H and O–H groups in total. The molecule has 0 bridgehead atoms. The fourth-order valence-corrected chi connectivity index (χ4v) is 4.67. The molecule has 4 rings (SSSR count). The summed E-state index contributed by atoms with van der Waals surface area (Å²) in [5, 5.41) is 9.73. The van der Waals surface area contributed by atoms with Gasteiger partial charge >= 0.3 is 5.97 Å². The lowest BCUT2D eigenvalue weighted by Gasteiger charge is -2.12. The zero-order valence-corrected chi connectivity index (χ0v) is 21.2. The van der Waals surface area contributed by atoms with E-state index < -0.39 is 5.97 Å². The molecule has 1 aliphatic heterocycles. The van der Waals surface area contributed by atoms with Crippen molar-refractivity contribution in [1.82, 2.24) is 4.90 Å². The largest absolute Gasteiger partial charge is 0.489 e. The Morgan fingerprint density at radius 1 is 1.12 bits per heavy atom. The summed E-state index contributed by atoms with van der Waals surface area (Å²) < 4.78 is 7.04. The summed E-state index contributed by atoms with van der Waals surface area (Å²) in [5.41, 5.74) is 2.62. The second-order valence-corrected chi connectivity index (χ2v) is 9.65. The summed E-state index contributed by atoms with van der Waals surface area (Å²) in [4.78, 5) is 30.8. The molecule has 1 saturated heterocycles. The molecule has 1 fully saturated rings. The molecule has 0 aliphatic carbocycles. The Bertz CT molecular complexity index is 1270. The van der Waals surface area contributed by atoms with Crippen LogP contribution in [0.2, 0.25) is 0 Å². The van der Waals surface area contributed by atoms with E-state index in [1.165, 1.54) is 27.5 Å². The van der Waals surface area contributed by atoms with Crippen LogP contribution in [-0.2, 0) is 11.4 Å². The summed E-state index contributed by atoms with van der Waals surface area (Å²) in [7, 11) is 0. The van der Waals surface area contributed by atoms with Crippen molar-refractivity contribution >= 4 is 63.2 Å². The minimum atomic E-state index is -1.02. The van der Waals surface area contributed by atoms with E-state index in [4.69, 9.17) is 4.74 Å². The number of carbonyl (C=O) groups excluding carboxylic acids is 1. The van der Waals surface area contributed by atoms with Gasteiger partial charge in [-0.05, 0) is 101 Å². The van der Waals surface area contributed by atoms with Gasteiger partial charge in [0.2, 0.25) is 0 Å². The van der Waals surface area contributed by atoms with E-state index in [2.05, 4.69) is 27.6 Å². The first-order chi connectivity index (χ1) is 16.4. The highest BCUT2D eigenvalue weighted by Crippen LogP contribution is 2.34. The molecule has 0 radical (unpaired) electrons. The molecule has 0 saturated carbocycles. The molecular weight excluding hydrogens is 563 g/mol. The van der Waals surface area contributed by atoms with Crippen molar-refractivity contribution in [3.8, 4) is 5.75 Å². The summed E-state index contributed by atoms with van der Waals surface area (Å²) in [5.74, 6) is -0.391. The highest BCUT2D eigenvalue weighted by molar-refractivity contribution is 14.1. The van der Waals surface area contributed by atoms with E-state index in [0.29, 0.717) is 28.9 Å². The second-order valence-electron chi connectivity index (χ2n) is 7.39. The third-order valence-electron chi connectivity index (χ3n) is 5.02. The number of ether oxygens (including phenoxy) is 1. The van der Waals surface area contributed by atoms with Crippen LogP contribution in [0.15, 0.2) is 82.7 Å². The zero-order valence-electron chi connectivity index (χ0n) is 18.3. The van der Waals surface area contributed by atoms with E-state index in [1.54, 1.807) is 17.0 Å². The third-order valence-corrected chi connectivity index (χ3v) is 6.74. The maximum atomic E-state index is 12.9. The third kappa shape index (κ3) is 5.87. The lowest BCUT2D eigenvalue weighted by Crippen LogP contribution is -2.28. The summed E-state index contributed by atoms with van der Waals surface area (Å²) in [6, 6.07) is 22.1. The number of hydrogen-bond donors (Lipinski definition) is 1. The van der Waals surface area contributed by atoms with Crippen LogP contribution in [-0.4, -0.2) is 33.6 Å². The van der Waals surface area contributed by atoms with Crippen LogP contribution in [0.5, 0.6) is 5.75 Å². The number of carboxylic acids is 1. The van der Waals surface area contributed by atoms with Gasteiger partial charge < -0.3 is 9.84 Å². The van der Waals surface area contributed by atoms with Crippen LogP contribution in [0.1, 0.15) is 28.4 Å². The Hall–Kier alpha value is -3.11. The van der Waals surface area contributed by atoms with Gasteiger partial charge in [0, 0.05) is 10.1 Å². The molecule has 34 heavy (non-hydrogen) atoms. The van der Waals surface area contributed by atoms with Crippen LogP contribution in [0, 0.1) is 3.57 Å². The Labute approximate surface area is 215 Å². The predicted molar refractivity (Wildman–Crippen MR) is 143 cm³/mol.